The number of thioether (sulfide) groups is 1. The monoisotopic (exact) mass is 420 g/mol. The van der Waals surface area contributed by atoms with Crippen molar-refractivity contribution in [3.8, 4) is 0 Å². The van der Waals surface area contributed by atoms with Gasteiger partial charge in [-0.15, -0.1) is 11.8 Å². The molecule has 158 valence electrons. The minimum absolute atomic E-state index is 0.238. The Hall–Kier alpha value is -1.85. The maximum absolute atomic E-state index is 11.7. The van der Waals surface area contributed by atoms with Crippen LogP contribution in [-0.4, -0.2) is 79.3 Å². The summed E-state index contributed by atoms with van der Waals surface area (Å²) >= 11 is 1.28. The molecule has 0 aromatic heterocycles. The van der Waals surface area contributed by atoms with E-state index in [1.54, 1.807) is 0 Å². The molecular formula is C17H24O10S. The SMILES string of the molecule is CO[C@@H]1O[C@H](CSC2CCOC2=O)[C@@H](OC(C)=O)[C@H](OC(C)=O)[C@H]1OC(C)=O. The van der Waals surface area contributed by atoms with Crippen LogP contribution >= 0.6 is 11.8 Å². The Labute approximate surface area is 166 Å². The van der Waals surface area contributed by atoms with E-state index in [-0.39, 0.29) is 17.0 Å². The average molecular weight is 420 g/mol. The first-order chi connectivity index (χ1) is 13.2. The third-order valence-corrected chi connectivity index (χ3v) is 5.43. The molecule has 2 rings (SSSR count). The van der Waals surface area contributed by atoms with Gasteiger partial charge in [-0.25, -0.2) is 0 Å². The molecule has 0 aromatic rings. The fraction of sp³-hybridized carbons (Fsp3) is 0.765. The molecule has 11 heteroatoms. The number of esters is 4. The summed E-state index contributed by atoms with van der Waals surface area (Å²) in [5.74, 6) is -2.00. The highest BCUT2D eigenvalue weighted by atomic mass is 32.2. The lowest BCUT2D eigenvalue weighted by Gasteiger charge is -2.44. The van der Waals surface area contributed by atoms with E-state index in [0.29, 0.717) is 13.0 Å². The smallest absolute Gasteiger partial charge is 0.319 e. The van der Waals surface area contributed by atoms with Crippen LogP contribution in [0.3, 0.4) is 0 Å². The van der Waals surface area contributed by atoms with Crippen molar-refractivity contribution in [2.45, 2.75) is 63.1 Å². The van der Waals surface area contributed by atoms with Crippen LogP contribution in [0.25, 0.3) is 0 Å². The van der Waals surface area contributed by atoms with Gasteiger partial charge in [0.15, 0.2) is 24.6 Å². The maximum Gasteiger partial charge on any atom is 0.319 e. The first-order valence-corrected chi connectivity index (χ1v) is 9.76. The molecule has 2 saturated heterocycles. The molecular weight excluding hydrogens is 396 g/mol. The van der Waals surface area contributed by atoms with Gasteiger partial charge in [0.1, 0.15) is 11.4 Å². The Morgan fingerprint density at radius 1 is 1.00 bits per heavy atom. The van der Waals surface area contributed by atoms with Crippen molar-refractivity contribution >= 4 is 35.6 Å². The normalized spacial score (nSPS) is 32.4. The number of carbonyl (C=O) groups is 4. The number of methoxy groups -OCH3 is 1. The molecule has 2 aliphatic rings. The largest absolute Gasteiger partial charge is 0.465 e. The first-order valence-electron chi connectivity index (χ1n) is 8.71. The Morgan fingerprint density at radius 2 is 1.57 bits per heavy atom. The van der Waals surface area contributed by atoms with Gasteiger partial charge in [-0.1, -0.05) is 0 Å². The minimum Gasteiger partial charge on any atom is -0.465 e. The van der Waals surface area contributed by atoms with Gasteiger partial charge in [0.2, 0.25) is 0 Å². The van der Waals surface area contributed by atoms with Crippen LogP contribution in [0.1, 0.15) is 27.2 Å². The molecule has 10 nitrogen and oxygen atoms in total. The van der Waals surface area contributed by atoms with Crippen molar-refractivity contribution in [1.82, 2.24) is 0 Å². The third-order valence-electron chi connectivity index (χ3n) is 4.08. The lowest BCUT2D eigenvalue weighted by Crippen LogP contribution is -2.62. The van der Waals surface area contributed by atoms with Crippen LogP contribution in [0.2, 0.25) is 0 Å². The predicted octanol–water partition coefficient (Wildman–Crippen LogP) is 0.202. The Kier molecular flexibility index (Phi) is 8.08. The molecule has 0 amide bonds. The van der Waals surface area contributed by atoms with E-state index in [1.165, 1.54) is 39.6 Å². The van der Waals surface area contributed by atoms with Gasteiger partial charge >= 0.3 is 23.9 Å². The highest BCUT2D eigenvalue weighted by molar-refractivity contribution is 8.00. The molecule has 2 heterocycles. The highest BCUT2D eigenvalue weighted by Crippen LogP contribution is 2.32. The molecule has 0 N–H and O–H groups in total. The topological polar surface area (TPSA) is 124 Å². The van der Waals surface area contributed by atoms with Crippen molar-refractivity contribution < 1.29 is 47.6 Å². The van der Waals surface area contributed by atoms with Gasteiger partial charge in [-0.05, 0) is 0 Å². The van der Waals surface area contributed by atoms with Crippen LogP contribution in [0.15, 0.2) is 0 Å². The van der Waals surface area contributed by atoms with E-state index < -0.39 is 48.6 Å². The minimum atomic E-state index is -1.13. The third kappa shape index (κ3) is 5.82. The quantitative estimate of drug-likeness (QED) is 0.414. The van der Waals surface area contributed by atoms with E-state index in [2.05, 4.69) is 0 Å². The Bertz CT molecular complexity index is 609. The number of rotatable bonds is 7. The summed E-state index contributed by atoms with van der Waals surface area (Å²) < 4.78 is 31.9. The van der Waals surface area contributed by atoms with Crippen LogP contribution < -0.4 is 0 Å². The van der Waals surface area contributed by atoms with Crippen LogP contribution in [-0.2, 0) is 47.6 Å². The Morgan fingerprint density at radius 3 is 2.07 bits per heavy atom. The zero-order chi connectivity index (χ0) is 20.8. The van der Waals surface area contributed by atoms with Crippen molar-refractivity contribution in [1.29, 1.82) is 0 Å². The van der Waals surface area contributed by atoms with Gasteiger partial charge in [0.25, 0.3) is 0 Å². The Balaban J connectivity index is 2.25. The number of cyclic esters (lactones) is 1. The molecule has 0 aromatic carbocycles. The van der Waals surface area contributed by atoms with Crippen molar-refractivity contribution in [3.63, 3.8) is 0 Å². The van der Waals surface area contributed by atoms with Gasteiger partial charge in [-0.2, -0.15) is 0 Å². The lowest BCUT2D eigenvalue weighted by molar-refractivity contribution is -0.293. The number of ether oxygens (including phenoxy) is 6. The summed E-state index contributed by atoms with van der Waals surface area (Å²) in [5.41, 5.74) is 0. The average Bonchev–Trinajstić information content (AvgIpc) is 3.00. The van der Waals surface area contributed by atoms with E-state index in [9.17, 15) is 19.2 Å². The molecule has 6 atom stereocenters. The molecule has 0 saturated carbocycles. The molecule has 2 fully saturated rings. The lowest BCUT2D eigenvalue weighted by atomic mass is 9.98. The van der Waals surface area contributed by atoms with Gasteiger partial charge < -0.3 is 28.4 Å². The number of carbonyl (C=O) groups excluding carboxylic acids is 4. The molecule has 0 radical (unpaired) electrons. The first kappa shape index (κ1) is 22.4. The zero-order valence-corrected chi connectivity index (χ0v) is 16.9. The maximum atomic E-state index is 11.7. The molecule has 28 heavy (non-hydrogen) atoms. The van der Waals surface area contributed by atoms with E-state index in [1.807, 2.05) is 0 Å². The fourth-order valence-electron chi connectivity index (χ4n) is 3.02. The summed E-state index contributed by atoms with van der Waals surface area (Å²) in [6.07, 6.45) is -4.59. The molecule has 0 spiro atoms. The molecule has 0 aliphatic carbocycles. The summed E-state index contributed by atoms with van der Waals surface area (Å²) in [6, 6.07) is 0. The number of hydrogen-bond acceptors (Lipinski definition) is 11. The van der Waals surface area contributed by atoms with Crippen LogP contribution in [0.4, 0.5) is 0 Å². The van der Waals surface area contributed by atoms with Gasteiger partial charge in [0, 0.05) is 40.1 Å². The molecule has 0 bridgehead atoms. The van der Waals surface area contributed by atoms with Gasteiger partial charge in [-0.3, -0.25) is 19.2 Å². The summed E-state index contributed by atoms with van der Waals surface area (Å²) in [5, 5.41) is -0.360. The van der Waals surface area contributed by atoms with Crippen LogP contribution in [0, 0.1) is 0 Å². The highest BCUT2D eigenvalue weighted by Gasteiger charge is 2.52. The molecule has 2 aliphatic heterocycles. The van der Waals surface area contributed by atoms with Crippen molar-refractivity contribution in [2.75, 3.05) is 19.5 Å². The number of hydrogen-bond donors (Lipinski definition) is 0. The summed E-state index contributed by atoms with van der Waals surface area (Å²) in [4.78, 5) is 46.5. The zero-order valence-electron chi connectivity index (χ0n) is 16.1. The van der Waals surface area contributed by atoms with E-state index in [0.717, 1.165) is 0 Å². The van der Waals surface area contributed by atoms with E-state index in [4.69, 9.17) is 28.4 Å². The van der Waals surface area contributed by atoms with E-state index >= 15 is 0 Å². The second-order valence-corrected chi connectivity index (χ2v) is 7.51. The fourth-order valence-corrected chi connectivity index (χ4v) is 4.18. The van der Waals surface area contributed by atoms with Crippen molar-refractivity contribution in [2.24, 2.45) is 0 Å². The second-order valence-electron chi connectivity index (χ2n) is 6.28. The summed E-state index contributed by atoms with van der Waals surface area (Å²) in [7, 11) is 1.34. The second kappa shape index (κ2) is 10.1. The molecule has 1 unspecified atom stereocenters. The van der Waals surface area contributed by atoms with Gasteiger partial charge in [0.05, 0.1) is 6.61 Å². The predicted molar refractivity (Wildman–Crippen MR) is 94.2 cm³/mol. The summed E-state index contributed by atoms with van der Waals surface area (Å²) in [6.45, 7) is 3.92. The standard InChI is InChI=1S/C17H24O10S/c1-8(18)24-13-11(7-28-12-5-6-23-16(12)21)27-17(22-4)15(26-10(3)20)14(13)25-9(2)19/h11-15,17H,5-7H2,1-4H3/t11-,12?,13-,14+,15-,17-/m1/s1. The van der Waals surface area contributed by atoms with Crippen LogP contribution in [0.5, 0.6) is 0 Å². The van der Waals surface area contributed by atoms with Crippen molar-refractivity contribution in [3.05, 3.63) is 0 Å².